The molecule has 0 saturated carbocycles. The Labute approximate surface area is 150 Å². The minimum absolute atomic E-state index is 0. The highest BCUT2D eigenvalue weighted by atomic mass is 35.5. The average molecular weight is 360 g/mol. The van der Waals surface area contributed by atoms with E-state index in [1.165, 1.54) is 11.5 Å². The highest BCUT2D eigenvalue weighted by Crippen LogP contribution is 2.18. The van der Waals surface area contributed by atoms with Crippen molar-refractivity contribution in [3.63, 3.8) is 0 Å². The van der Waals surface area contributed by atoms with E-state index < -0.39 is 5.97 Å². The molecule has 3 rings (SSSR count). The molecule has 6 nitrogen and oxygen atoms in total. The zero-order chi connectivity index (χ0) is 17.3. The Bertz CT molecular complexity index is 999. The molecule has 0 aliphatic carbocycles. The number of halogens is 1. The molecule has 25 heavy (non-hydrogen) atoms. The molecule has 0 fully saturated rings. The van der Waals surface area contributed by atoms with Gasteiger partial charge >= 0.3 is 5.97 Å². The highest BCUT2D eigenvalue weighted by molar-refractivity contribution is 5.85. The Hall–Kier alpha value is -2.86. The zero-order valence-electron chi connectivity index (χ0n) is 13.9. The van der Waals surface area contributed by atoms with Crippen molar-refractivity contribution in [2.75, 3.05) is 5.73 Å². The van der Waals surface area contributed by atoms with Crippen molar-refractivity contribution in [1.29, 1.82) is 0 Å². The van der Waals surface area contributed by atoms with Crippen LogP contribution in [0.1, 0.15) is 18.3 Å². The smallest absolute Gasteiger partial charge is 0.303 e. The number of rotatable bonds is 3. The summed E-state index contributed by atoms with van der Waals surface area (Å²) < 4.78 is 6.54. The average Bonchev–Trinajstić information content (AvgIpc) is 2.55. The number of nitrogen functional groups attached to an aromatic ring is 1. The molecule has 0 spiro atoms. The molecule has 0 radical (unpaired) electrons. The largest absolute Gasteiger partial charge is 0.458 e. The Morgan fingerprint density at radius 3 is 2.64 bits per heavy atom. The lowest BCUT2D eigenvalue weighted by molar-refractivity contribution is -0.142. The van der Waals surface area contributed by atoms with Gasteiger partial charge in [0.15, 0.2) is 5.82 Å². The van der Waals surface area contributed by atoms with E-state index in [0.29, 0.717) is 28.1 Å². The van der Waals surface area contributed by atoms with Gasteiger partial charge in [-0.25, -0.2) is 4.98 Å². The summed E-state index contributed by atoms with van der Waals surface area (Å²) in [6.07, 6.45) is 0. The summed E-state index contributed by atoms with van der Waals surface area (Å²) in [7, 11) is 0. The molecular weight excluding hydrogens is 342 g/mol. The SMILES string of the molecule is CC(=O)OCc1nc2ccc(N)cc2c(=O)n1-c1ccccc1C.Cl. The summed E-state index contributed by atoms with van der Waals surface area (Å²) in [4.78, 5) is 28.7. The van der Waals surface area contributed by atoms with Crippen LogP contribution in [-0.4, -0.2) is 15.5 Å². The van der Waals surface area contributed by atoms with E-state index in [2.05, 4.69) is 4.98 Å². The first kappa shape index (κ1) is 18.5. The molecule has 2 N–H and O–H groups in total. The fourth-order valence-corrected chi connectivity index (χ4v) is 2.57. The third kappa shape index (κ3) is 3.64. The van der Waals surface area contributed by atoms with Crippen LogP contribution in [0.15, 0.2) is 47.3 Å². The fourth-order valence-electron chi connectivity index (χ4n) is 2.57. The number of ether oxygens (including phenoxy) is 1. The molecule has 130 valence electrons. The van der Waals surface area contributed by atoms with Crippen LogP contribution >= 0.6 is 12.4 Å². The van der Waals surface area contributed by atoms with E-state index in [1.54, 1.807) is 18.2 Å². The van der Waals surface area contributed by atoms with E-state index in [9.17, 15) is 9.59 Å². The molecule has 7 heteroatoms. The van der Waals surface area contributed by atoms with E-state index in [4.69, 9.17) is 10.5 Å². The lowest BCUT2D eigenvalue weighted by Gasteiger charge is -2.15. The number of hydrogen-bond acceptors (Lipinski definition) is 5. The molecule has 0 bridgehead atoms. The maximum atomic E-state index is 13.0. The molecule has 0 atom stereocenters. The number of hydrogen-bond donors (Lipinski definition) is 1. The minimum atomic E-state index is -0.432. The quantitative estimate of drug-likeness (QED) is 0.574. The van der Waals surface area contributed by atoms with Crippen LogP contribution in [0, 0.1) is 6.92 Å². The van der Waals surface area contributed by atoms with Crippen molar-refractivity contribution >= 4 is 35.0 Å². The summed E-state index contributed by atoms with van der Waals surface area (Å²) >= 11 is 0. The maximum absolute atomic E-state index is 13.0. The number of aromatic nitrogens is 2. The number of nitrogens with zero attached hydrogens (tertiary/aromatic N) is 2. The van der Waals surface area contributed by atoms with Gasteiger partial charge in [0.25, 0.3) is 5.56 Å². The molecule has 1 heterocycles. The second kappa shape index (κ2) is 7.36. The van der Waals surface area contributed by atoms with Crippen molar-refractivity contribution in [3.05, 3.63) is 64.2 Å². The Kier molecular flexibility index (Phi) is 5.44. The first-order chi connectivity index (χ1) is 11.5. The molecular formula is C18H18ClN3O3. The number of fused-ring (bicyclic) bond motifs is 1. The number of carbonyl (C=O) groups is 1. The summed E-state index contributed by atoms with van der Waals surface area (Å²) in [6, 6.07) is 12.4. The number of nitrogens with two attached hydrogens (primary N) is 1. The lowest BCUT2D eigenvalue weighted by atomic mass is 10.1. The van der Waals surface area contributed by atoms with Gasteiger partial charge in [0, 0.05) is 12.6 Å². The molecule has 0 saturated heterocycles. The standard InChI is InChI=1S/C18H17N3O3.ClH/c1-11-5-3-4-6-16(11)21-17(10-24-12(2)22)20-15-8-7-13(19)9-14(15)18(21)23;/h3-9H,10,19H2,1-2H3;1H. The van der Waals surface area contributed by atoms with Crippen LogP contribution in [0.3, 0.4) is 0 Å². The first-order valence-corrected chi connectivity index (χ1v) is 7.48. The lowest BCUT2D eigenvalue weighted by Crippen LogP contribution is -2.25. The van der Waals surface area contributed by atoms with Crippen LogP contribution in [0.5, 0.6) is 0 Å². The van der Waals surface area contributed by atoms with Crippen LogP contribution < -0.4 is 11.3 Å². The fraction of sp³-hybridized carbons (Fsp3) is 0.167. The Morgan fingerprint density at radius 2 is 1.96 bits per heavy atom. The number of benzene rings is 2. The second-order valence-corrected chi connectivity index (χ2v) is 5.51. The molecule has 3 aromatic rings. The summed E-state index contributed by atoms with van der Waals surface area (Å²) in [5.41, 5.74) is 8.17. The predicted octanol–water partition coefficient (Wildman–Crippen LogP) is 2.76. The van der Waals surface area contributed by atoms with Gasteiger partial charge in [0.2, 0.25) is 0 Å². The number of anilines is 1. The summed E-state index contributed by atoms with van der Waals surface area (Å²) in [6.45, 7) is 3.14. The first-order valence-electron chi connectivity index (χ1n) is 7.48. The van der Waals surface area contributed by atoms with E-state index in [-0.39, 0.29) is 24.6 Å². The predicted molar refractivity (Wildman–Crippen MR) is 99.2 cm³/mol. The minimum Gasteiger partial charge on any atom is -0.458 e. The van der Waals surface area contributed by atoms with Gasteiger partial charge in [0.1, 0.15) is 6.61 Å². The molecule has 0 unspecified atom stereocenters. The van der Waals surface area contributed by atoms with E-state index in [0.717, 1.165) is 5.56 Å². The van der Waals surface area contributed by atoms with Crippen LogP contribution in [0.2, 0.25) is 0 Å². The highest BCUT2D eigenvalue weighted by Gasteiger charge is 2.15. The third-order valence-corrected chi connectivity index (χ3v) is 3.72. The molecule has 0 aliphatic rings. The Morgan fingerprint density at radius 1 is 1.24 bits per heavy atom. The van der Waals surface area contributed by atoms with E-state index in [1.807, 2.05) is 31.2 Å². The van der Waals surface area contributed by atoms with E-state index >= 15 is 0 Å². The van der Waals surface area contributed by atoms with Crippen molar-refractivity contribution in [1.82, 2.24) is 9.55 Å². The van der Waals surface area contributed by atoms with Crippen LogP contribution in [0.4, 0.5) is 5.69 Å². The van der Waals surface area contributed by atoms with Crippen molar-refractivity contribution in [2.24, 2.45) is 0 Å². The van der Waals surface area contributed by atoms with Gasteiger partial charge < -0.3 is 10.5 Å². The van der Waals surface area contributed by atoms with Gasteiger partial charge in [-0.3, -0.25) is 14.2 Å². The van der Waals surface area contributed by atoms with Gasteiger partial charge in [-0.15, -0.1) is 12.4 Å². The van der Waals surface area contributed by atoms with Crippen molar-refractivity contribution in [2.45, 2.75) is 20.5 Å². The second-order valence-electron chi connectivity index (χ2n) is 5.51. The summed E-state index contributed by atoms with van der Waals surface area (Å²) in [5, 5.41) is 0.421. The number of para-hydroxylation sites is 1. The van der Waals surface area contributed by atoms with Gasteiger partial charge in [0.05, 0.1) is 16.6 Å². The summed E-state index contributed by atoms with van der Waals surface area (Å²) in [5.74, 6) is -0.0697. The monoisotopic (exact) mass is 359 g/mol. The number of carbonyl (C=O) groups excluding carboxylic acids is 1. The van der Waals surface area contributed by atoms with Crippen molar-refractivity contribution in [3.8, 4) is 5.69 Å². The Balaban J connectivity index is 0.00000225. The van der Waals surface area contributed by atoms with Gasteiger partial charge in [-0.1, -0.05) is 18.2 Å². The van der Waals surface area contributed by atoms with Crippen LogP contribution in [-0.2, 0) is 16.1 Å². The molecule has 1 aromatic heterocycles. The topological polar surface area (TPSA) is 87.2 Å². The molecule has 0 amide bonds. The maximum Gasteiger partial charge on any atom is 0.303 e. The van der Waals surface area contributed by atoms with Crippen molar-refractivity contribution < 1.29 is 9.53 Å². The molecule has 2 aromatic carbocycles. The zero-order valence-corrected chi connectivity index (χ0v) is 14.7. The van der Waals surface area contributed by atoms with Gasteiger partial charge in [-0.2, -0.15) is 0 Å². The number of aryl methyl sites for hydroxylation is 1. The molecule has 0 aliphatic heterocycles. The third-order valence-electron chi connectivity index (χ3n) is 3.72. The van der Waals surface area contributed by atoms with Gasteiger partial charge in [-0.05, 0) is 36.8 Å². The number of esters is 1. The van der Waals surface area contributed by atoms with Crippen LogP contribution in [0.25, 0.3) is 16.6 Å². The normalized spacial score (nSPS) is 10.3.